The average molecular weight is 485 g/mol. The van der Waals surface area contributed by atoms with Gasteiger partial charge in [0.25, 0.3) is 5.92 Å². The third-order valence-corrected chi connectivity index (χ3v) is 7.82. The molecule has 2 amide bonds. The minimum atomic E-state index is -3.27. The van der Waals surface area contributed by atoms with E-state index in [0.717, 1.165) is 0 Å². The fourth-order valence-corrected chi connectivity index (χ4v) is 5.36. The first-order valence-electron chi connectivity index (χ1n) is 9.68. The van der Waals surface area contributed by atoms with Gasteiger partial charge in [-0.3, -0.25) is 0 Å². The summed E-state index contributed by atoms with van der Waals surface area (Å²) in [6, 6.07) is 2.68. The first-order chi connectivity index (χ1) is 14.0. The van der Waals surface area contributed by atoms with E-state index in [2.05, 4.69) is 5.32 Å². The number of piperidine rings is 1. The van der Waals surface area contributed by atoms with Crippen molar-refractivity contribution in [3.63, 3.8) is 0 Å². The van der Waals surface area contributed by atoms with Gasteiger partial charge in [-0.05, 0) is 19.1 Å². The smallest absolute Gasteiger partial charge is 0.321 e. The fraction of sp³-hybridized carbons (Fsp3) is 0.611. The molecule has 12 heteroatoms. The standard InChI is InChI=1S/C18H24Cl2F2N4O3S/c1-2-30(28,29)26-9-7-25(8-10-26)17(27)23-13-11-14(19)16(15(20)12-13)24-5-3-18(21,22)4-6-24/h11-12H,2-10H2,1H3,(H,23,27). The molecule has 2 aliphatic heterocycles. The Hall–Kier alpha value is -1.36. The summed E-state index contributed by atoms with van der Waals surface area (Å²) in [5.74, 6) is -2.65. The van der Waals surface area contributed by atoms with Crippen LogP contribution in [0, 0.1) is 0 Å². The van der Waals surface area contributed by atoms with Gasteiger partial charge in [0.1, 0.15) is 0 Å². The number of amides is 2. The molecule has 0 atom stereocenters. The van der Waals surface area contributed by atoms with Crippen LogP contribution < -0.4 is 10.2 Å². The van der Waals surface area contributed by atoms with Gasteiger partial charge in [-0.2, -0.15) is 4.31 Å². The maximum Gasteiger partial charge on any atom is 0.321 e. The zero-order valence-corrected chi connectivity index (χ0v) is 18.8. The van der Waals surface area contributed by atoms with E-state index in [4.69, 9.17) is 23.2 Å². The summed E-state index contributed by atoms with van der Waals surface area (Å²) in [5.41, 5.74) is 0.856. The Morgan fingerprint density at radius 2 is 1.60 bits per heavy atom. The summed E-state index contributed by atoms with van der Waals surface area (Å²) in [5, 5.41) is 3.25. The number of piperazine rings is 1. The van der Waals surface area contributed by atoms with Gasteiger partial charge in [-0.25, -0.2) is 22.0 Å². The Kier molecular flexibility index (Phi) is 7.01. The molecule has 7 nitrogen and oxygen atoms in total. The second kappa shape index (κ2) is 9.02. The lowest BCUT2D eigenvalue weighted by Gasteiger charge is -2.35. The molecule has 30 heavy (non-hydrogen) atoms. The van der Waals surface area contributed by atoms with Crippen LogP contribution in [0.5, 0.6) is 0 Å². The maximum absolute atomic E-state index is 13.4. The highest BCUT2D eigenvalue weighted by Crippen LogP contribution is 2.40. The van der Waals surface area contributed by atoms with Crippen LogP contribution in [0.4, 0.5) is 25.0 Å². The van der Waals surface area contributed by atoms with E-state index in [0.29, 0.717) is 11.4 Å². The molecule has 1 aromatic carbocycles. The van der Waals surface area contributed by atoms with E-state index >= 15 is 0 Å². The number of anilines is 2. The molecular weight excluding hydrogens is 461 g/mol. The number of benzene rings is 1. The van der Waals surface area contributed by atoms with Gasteiger partial charge >= 0.3 is 6.03 Å². The highest BCUT2D eigenvalue weighted by Gasteiger charge is 2.35. The lowest BCUT2D eigenvalue weighted by Crippen LogP contribution is -2.51. The van der Waals surface area contributed by atoms with Crippen molar-refractivity contribution in [2.24, 2.45) is 0 Å². The molecule has 0 bridgehead atoms. The molecule has 1 N–H and O–H groups in total. The van der Waals surface area contributed by atoms with Crippen LogP contribution in [-0.4, -0.2) is 74.6 Å². The SMILES string of the molecule is CCS(=O)(=O)N1CCN(C(=O)Nc2cc(Cl)c(N3CCC(F)(F)CC3)c(Cl)c2)CC1. The number of alkyl halides is 2. The van der Waals surface area contributed by atoms with Crippen molar-refractivity contribution in [1.82, 2.24) is 9.21 Å². The summed E-state index contributed by atoms with van der Waals surface area (Å²) in [7, 11) is -3.27. The molecule has 3 rings (SSSR count). The highest BCUT2D eigenvalue weighted by molar-refractivity contribution is 7.89. The summed E-state index contributed by atoms with van der Waals surface area (Å²) >= 11 is 12.7. The number of hydrogen-bond donors (Lipinski definition) is 1. The van der Waals surface area contributed by atoms with E-state index in [9.17, 15) is 22.0 Å². The molecule has 1 aromatic rings. The molecule has 0 saturated carbocycles. The molecule has 2 fully saturated rings. The van der Waals surface area contributed by atoms with Crippen molar-refractivity contribution in [2.45, 2.75) is 25.7 Å². The lowest BCUT2D eigenvalue weighted by atomic mass is 10.1. The fourth-order valence-electron chi connectivity index (χ4n) is 3.55. The Balaban J connectivity index is 1.63. The zero-order valence-electron chi connectivity index (χ0n) is 16.5. The van der Waals surface area contributed by atoms with E-state index < -0.39 is 15.9 Å². The Labute approximate surface area is 184 Å². The van der Waals surface area contributed by atoms with Crippen molar-refractivity contribution < 1.29 is 22.0 Å². The summed E-state index contributed by atoms with van der Waals surface area (Å²) < 4.78 is 52.0. The number of sulfonamides is 1. The van der Waals surface area contributed by atoms with E-state index in [1.807, 2.05) is 0 Å². The first-order valence-corrected chi connectivity index (χ1v) is 12.0. The van der Waals surface area contributed by atoms with Gasteiger partial charge in [0.2, 0.25) is 10.0 Å². The van der Waals surface area contributed by atoms with Crippen LogP contribution in [0.15, 0.2) is 12.1 Å². The Morgan fingerprint density at radius 1 is 1.07 bits per heavy atom. The van der Waals surface area contributed by atoms with Crippen LogP contribution in [0.1, 0.15) is 19.8 Å². The number of halogens is 4. The lowest BCUT2D eigenvalue weighted by molar-refractivity contribution is -0.0220. The second-order valence-electron chi connectivity index (χ2n) is 7.35. The monoisotopic (exact) mass is 484 g/mol. The van der Waals surface area contributed by atoms with Crippen LogP contribution in [0.3, 0.4) is 0 Å². The summed E-state index contributed by atoms with van der Waals surface area (Å²) in [4.78, 5) is 15.8. The number of nitrogens with one attached hydrogen (secondary N) is 1. The Bertz CT molecular complexity index is 876. The number of carbonyl (C=O) groups excluding carboxylic acids is 1. The third-order valence-electron chi connectivity index (χ3n) is 5.36. The molecule has 0 spiro atoms. The quantitative estimate of drug-likeness (QED) is 0.706. The molecule has 2 saturated heterocycles. The summed E-state index contributed by atoms with van der Waals surface area (Å²) in [6.07, 6.45) is -0.532. The van der Waals surface area contributed by atoms with Crippen LogP contribution >= 0.6 is 23.2 Å². The highest BCUT2D eigenvalue weighted by atomic mass is 35.5. The van der Waals surface area contributed by atoms with Crippen molar-refractivity contribution in [2.75, 3.05) is 55.2 Å². The molecule has 0 aromatic heterocycles. The van der Waals surface area contributed by atoms with E-state index in [1.54, 1.807) is 11.8 Å². The molecule has 2 heterocycles. The zero-order chi connectivity index (χ0) is 22.1. The van der Waals surface area contributed by atoms with Crippen LogP contribution in [0.25, 0.3) is 0 Å². The summed E-state index contributed by atoms with van der Waals surface area (Å²) in [6.45, 7) is 2.89. The number of carbonyl (C=O) groups is 1. The van der Waals surface area contributed by atoms with Gasteiger partial charge in [0.05, 0.1) is 21.5 Å². The van der Waals surface area contributed by atoms with Gasteiger partial charge in [-0.1, -0.05) is 23.2 Å². The number of rotatable bonds is 4. The molecule has 2 aliphatic rings. The molecule has 0 aliphatic carbocycles. The van der Waals surface area contributed by atoms with Gasteiger partial charge < -0.3 is 15.1 Å². The van der Waals surface area contributed by atoms with E-state index in [-0.39, 0.29) is 73.9 Å². The molecule has 0 unspecified atom stereocenters. The normalized spacial score (nSPS) is 20.3. The predicted octanol–water partition coefficient (Wildman–Crippen LogP) is 3.73. The Morgan fingerprint density at radius 3 is 2.10 bits per heavy atom. The number of urea groups is 1. The van der Waals surface area contributed by atoms with Crippen molar-refractivity contribution in [3.8, 4) is 0 Å². The van der Waals surface area contributed by atoms with Crippen molar-refractivity contribution in [1.29, 1.82) is 0 Å². The van der Waals surface area contributed by atoms with Crippen LogP contribution in [-0.2, 0) is 10.0 Å². The largest absolute Gasteiger partial charge is 0.369 e. The number of hydrogen-bond acceptors (Lipinski definition) is 4. The third kappa shape index (κ3) is 5.27. The number of nitrogens with zero attached hydrogens (tertiary/aromatic N) is 3. The minimum Gasteiger partial charge on any atom is -0.369 e. The van der Waals surface area contributed by atoms with Crippen LogP contribution in [0.2, 0.25) is 10.0 Å². The van der Waals surface area contributed by atoms with Gasteiger partial charge in [-0.15, -0.1) is 0 Å². The first kappa shape index (κ1) is 23.3. The van der Waals surface area contributed by atoms with Gasteiger partial charge in [0, 0.05) is 57.8 Å². The van der Waals surface area contributed by atoms with Crippen molar-refractivity contribution in [3.05, 3.63) is 22.2 Å². The predicted molar refractivity (Wildman–Crippen MR) is 114 cm³/mol. The molecular formula is C18H24Cl2F2N4O3S. The average Bonchev–Trinajstić information content (AvgIpc) is 2.68. The maximum atomic E-state index is 13.4. The van der Waals surface area contributed by atoms with E-state index in [1.165, 1.54) is 21.3 Å². The topological polar surface area (TPSA) is 73.0 Å². The molecule has 0 radical (unpaired) electrons. The van der Waals surface area contributed by atoms with Gasteiger partial charge in [0.15, 0.2) is 0 Å². The van der Waals surface area contributed by atoms with Crippen molar-refractivity contribution >= 4 is 50.6 Å². The minimum absolute atomic E-state index is 0.0250. The second-order valence-corrected chi connectivity index (χ2v) is 10.4. The molecule has 168 valence electrons.